The first-order valence-corrected chi connectivity index (χ1v) is 6.54. The second kappa shape index (κ2) is 4.70. The summed E-state index contributed by atoms with van der Waals surface area (Å²) in [5.74, 6) is 0. The average molecular weight is 268 g/mol. The van der Waals surface area contributed by atoms with Crippen molar-refractivity contribution in [1.29, 1.82) is 0 Å². The van der Waals surface area contributed by atoms with Crippen LogP contribution in [0.15, 0.2) is 23.1 Å². The van der Waals surface area contributed by atoms with Gasteiger partial charge in [0.1, 0.15) is 0 Å². The van der Waals surface area contributed by atoms with Gasteiger partial charge in [0.2, 0.25) is 10.0 Å². The number of benzene rings is 1. The second-order valence-corrected chi connectivity index (χ2v) is 5.88. The number of sulfonamides is 1. The molecule has 0 spiro atoms. The van der Waals surface area contributed by atoms with E-state index in [1.54, 1.807) is 13.8 Å². The van der Waals surface area contributed by atoms with Crippen LogP contribution in [0.25, 0.3) is 0 Å². The highest BCUT2D eigenvalue weighted by Crippen LogP contribution is 2.24. The minimum atomic E-state index is -3.49. The molecule has 0 bridgehead atoms. The molecule has 6 heteroatoms. The minimum Gasteiger partial charge on any atom is -0.209 e. The molecule has 1 rings (SSSR count). The summed E-state index contributed by atoms with van der Waals surface area (Å²) in [7, 11) is -3.49. The molecule has 0 amide bonds. The molecule has 0 aromatic heterocycles. The molecule has 0 saturated carbocycles. The highest BCUT2D eigenvalue weighted by atomic mass is 35.5. The summed E-state index contributed by atoms with van der Waals surface area (Å²) in [6, 6.07) is 4.04. The molecule has 15 heavy (non-hydrogen) atoms. The van der Waals surface area contributed by atoms with E-state index in [1.165, 1.54) is 18.2 Å². The van der Waals surface area contributed by atoms with Gasteiger partial charge < -0.3 is 0 Å². The fraction of sp³-hybridized carbons (Fsp3) is 0.333. The summed E-state index contributed by atoms with van der Waals surface area (Å²) in [5.41, 5.74) is 0. The Bertz CT molecular complexity index is 457. The average Bonchev–Trinajstić information content (AvgIpc) is 2.07. The molecule has 1 N–H and O–H groups in total. The molecule has 1 aromatic rings. The molecule has 1 aromatic carbocycles. The van der Waals surface area contributed by atoms with Gasteiger partial charge in [-0.15, -0.1) is 0 Å². The van der Waals surface area contributed by atoms with Crippen LogP contribution < -0.4 is 4.72 Å². The summed E-state index contributed by atoms with van der Waals surface area (Å²) in [6.45, 7) is 3.49. The van der Waals surface area contributed by atoms with Crippen molar-refractivity contribution < 1.29 is 8.42 Å². The van der Waals surface area contributed by atoms with Crippen molar-refractivity contribution in [2.75, 3.05) is 0 Å². The Kier molecular flexibility index (Phi) is 4.00. The van der Waals surface area contributed by atoms with Gasteiger partial charge in [-0.3, -0.25) is 0 Å². The van der Waals surface area contributed by atoms with E-state index < -0.39 is 10.0 Å². The van der Waals surface area contributed by atoms with Crippen LogP contribution in [0.1, 0.15) is 13.8 Å². The molecule has 0 heterocycles. The third kappa shape index (κ3) is 3.34. The molecule has 84 valence electrons. The lowest BCUT2D eigenvalue weighted by atomic mass is 10.4. The summed E-state index contributed by atoms with van der Waals surface area (Å²) >= 11 is 11.4. The van der Waals surface area contributed by atoms with Gasteiger partial charge in [-0.25, -0.2) is 13.1 Å². The largest absolute Gasteiger partial charge is 0.240 e. The van der Waals surface area contributed by atoms with E-state index in [-0.39, 0.29) is 16.0 Å². The summed E-state index contributed by atoms with van der Waals surface area (Å²) in [6.07, 6.45) is 0. The Morgan fingerprint density at radius 3 is 2.27 bits per heavy atom. The maximum Gasteiger partial charge on any atom is 0.240 e. The van der Waals surface area contributed by atoms with Crippen molar-refractivity contribution in [3.8, 4) is 0 Å². The van der Waals surface area contributed by atoms with E-state index in [0.717, 1.165) is 0 Å². The van der Waals surface area contributed by atoms with Crippen molar-refractivity contribution in [2.24, 2.45) is 0 Å². The lowest BCUT2D eigenvalue weighted by Crippen LogP contribution is -2.30. The Balaban J connectivity index is 3.11. The molecule has 0 atom stereocenters. The summed E-state index contributed by atoms with van der Waals surface area (Å²) < 4.78 is 25.8. The van der Waals surface area contributed by atoms with Crippen LogP contribution in [-0.2, 0) is 10.0 Å². The monoisotopic (exact) mass is 267 g/mol. The SMILES string of the molecule is CC(C)NS(=O)(=O)c1ccc(Cl)c(Cl)c1. The van der Waals surface area contributed by atoms with Gasteiger partial charge in [0.25, 0.3) is 0 Å². The van der Waals surface area contributed by atoms with Crippen LogP contribution in [0.5, 0.6) is 0 Å². The summed E-state index contributed by atoms with van der Waals surface area (Å²) in [5, 5.41) is 0.559. The molecule has 0 fully saturated rings. The second-order valence-electron chi connectivity index (χ2n) is 3.35. The topological polar surface area (TPSA) is 46.2 Å². The zero-order chi connectivity index (χ0) is 11.6. The van der Waals surface area contributed by atoms with Crippen LogP contribution >= 0.6 is 23.2 Å². The number of nitrogens with one attached hydrogen (secondary N) is 1. The minimum absolute atomic E-state index is 0.116. The van der Waals surface area contributed by atoms with Gasteiger partial charge in [0.05, 0.1) is 14.9 Å². The van der Waals surface area contributed by atoms with Crippen molar-refractivity contribution in [3.63, 3.8) is 0 Å². The van der Waals surface area contributed by atoms with E-state index >= 15 is 0 Å². The van der Waals surface area contributed by atoms with Gasteiger partial charge in [0.15, 0.2) is 0 Å². The van der Waals surface area contributed by atoms with Crippen LogP contribution in [0.4, 0.5) is 0 Å². The molecule has 0 radical (unpaired) electrons. The standard InChI is InChI=1S/C9H11Cl2NO2S/c1-6(2)12-15(13,14)7-3-4-8(10)9(11)5-7/h3-6,12H,1-2H3. The zero-order valence-electron chi connectivity index (χ0n) is 8.29. The Labute approximate surface area is 99.4 Å². The van der Waals surface area contributed by atoms with E-state index in [9.17, 15) is 8.42 Å². The quantitative estimate of drug-likeness (QED) is 0.916. The van der Waals surface area contributed by atoms with Crippen molar-refractivity contribution in [1.82, 2.24) is 4.72 Å². The van der Waals surface area contributed by atoms with Gasteiger partial charge in [0, 0.05) is 6.04 Å². The lowest BCUT2D eigenvalue weighted by molar-refractivity contribution is 0.570. The van der Waals surface area contributed by atoms with Crippen LogP contribution in [0.2, 0.25) is 10.0 Å². The Hall–Kier alpha value is -0.290. The number of rotatable bonds is 3. The molecule has 0 aliphatic heterocycles. The smallest absolute Gasteiger partial charge is 0.209 e. The highest BCUT2D eigenvalue weighted by Gasteiger charge is 2.16. The first-order valence-electron chi connectivity index (χ1n) is 4.30. The van der Waals surface area contributed by atoms with Gasteiger partial charge >= 0.3 is 0 Å². The predicted octanol–water partition coefficient (Wildman–Crippen LogP) is 2.68. The maximum absolute atomic E-state index is 11.7. The van der Waals surface area contributed by atoms with Gasteiger partial charge in [-0.05, 0) is 32.0 Å². The normalized spacial score (nSPS) is 12.1. The third-order valence-electron chi connectivity index (χ3n) is 1.59. The van der Waals surface area contributed by atoms with E-state index in [2.05, 4.69) is 4.72 Å². The number of hydrogen-bond donors (Lipinski definition) is 1. The predicted molar refractivity (Wildman–Crippen MR) is 61.9 cm³/mol. The van der Waals surface area contributed by atoms with Crippen LogP contribution in [0.3, 0.4) is 0 Å². The third-order valence-corrected chi connectivity index (χ3v) is 3.99. The summed E-state index contributed by atoms with van der Waals surface area (Å²) in [4.78, 5) is 0.116. The lowest BCUT2D eigenvalue weighted by Gasteiger charge is -2.09. The zero-order valence-corrected chi connectivity index (χ0v) is 10.6. The molecule has 0 unspecified atom stereocenters. The van der Waals surface area contributed by atoms with Crippen molar-refractivity contribution in [2.45, 2.75) is 24.8 Å². The van der Waals surface area contributed by atoms with Crippen molar-refractivity contribution in [3.05, 3.63) is 28.2 Å². The highest BCUT2D eigenvalue weighted by molar-refractivity contribution is 7.89. The molecule has 0 saturated heterocycles. The Morgan fingerprint density at radius 1 is 1.20 bits per heavy atom. The Morgan fingerprint density at radius 2 is 1.80 bits per heavy atom. The maximum atomic E-state index is 11.7. The van der Waals surface area contributed by atoms with E-state index in [0.29, 0.717) is 5.02 Å². The first-order chi connectivity index (χ1) is 6.83. The number of hydrogen-bond acceptors (Lipinski definition) is 2. The molecular formula is C9H11Cl2NO2S. The van der Waals surface area contributed by atoms with Gasteiger partial charge in [-0.2, -0.15) is 0 Å². The molecular weight excluding hydrogens is 257 g/mol. The number of halogens is 2. The molecule has 0 aliphatic carbocycles. The van der Waals surface area contributed by atoms with Gasteiger partial charge in [-0.1, -0.05) is 23.2 Å². The first kappa shape index (κ1) is 12.8. The fourth-order valence-corrected chi connectivity index (χ4v) is 2.66. The van der Waals surface area contributed by atoms with E-state index in [4.69, 9.17) is 23.2 Å². The molecule has 0 aliphatic rings. The van der Waals surface area contributed by atoms with Crippen molar-refractivity contribution >= 4 is 33.2 Å². The fourth-order valence-electron chi connectivity index (χ4n) is 1.02. The molecule has 3 nitrogen and oxygen atoms in total. The van der Waals surface area contributed by atoms with E-state index in [1.807, 2.05) is 0 Å². The van der Waals surface area contributed by atoms with Crippen LogP contribution in [-0.4, -0.2) is 14.5 Å². The van der Waals surface area contributed by atoms with Crippen LogP contribution in [0, 0.1) is 0 Å².